The molecule has 0 aromatic rings. The lowest BCUT2D eigenvalue weighted by Crippen LogP contribution is -2.40. The van der Waals surface area contributed by atoms with Crippen LogP contribution in [0.15, 0.2) is 97.2 Å². The van der Waals surface area contributed by atoms with Crippen molar-refractivity contribution in [3.05, 3.63) is 97.2 Å². The van der Waals surface area contributed by atoms with Crippen LogP contribution >= 0.6 is 0 Å². The zero-order chi connectivity index (χ0) is 65.4. The van der Waals surface area contributed by atoms with Gasteiger partial charge in [-0.3, -0.25) is 9.59 Å². The van der Waals surface area contributed by atoms with Crippen LogP contribution in [0.25, 0.3) is 0 Å². The number of carbonyl (C=O) groups is 3. The van der Waals surface area contributed by atoms with Gasteiger partial charge in [0.05, 0.1) is 34.4 Å². The van der Waals surface area contributed by atoms with Crippen LogP contribution in [-0.2, 0) is 33.3 Å². The zero-order valence-corrected chi connectivity index (χ0v) is 59.5. The number of hydrogen-bond donors (Lipinski definition) is 1. The van der Waals surface area contributed by atoms with Crippen molar-refractivity contribution in [2.75, 3.05) is 47.5 Å². The molecule has 0 aromatic carbocycles. The number of unbranched alkanes of at least 4 members (excludes halogenated alkanes) is 39. The van der Waals surface area contributed by atoms with E-state index in [1.807, 2.05) is 21.1 Å². The van der Waals surface area contributed by atoms with E-state index in [0.29, 0.717) is 17.4 Å². The van der Waals surface area contributed by atoms with Crippen LogP contribution in [0.5, 0.6) is 0 Å². The molecule has 2 unspecified atom stereocenters. The smallest absolute Gasteiger partial charge is 0.361 e. The normalized spacial score (nSPS) is 13.2. The Balaban J connectivity index is 4.03. The predicted molar refractivity (Wildman–Crippen MR) is 387 cm³/mol. The second-order valence-corrected chi connectivity index (χ2v) is 26.6. The molecule has 2 atom stereocenters. The molecule has 0 rings (SSSR count). The van der Waals surface area contributed by atoms with Gasteiger partial charge in [-0.15, -0.1) is 0 Å². The topological polar surface area (TPSA) is 108 Å². The minimum atomic E-state index is -1.51. The van der Waals surface area contributed by atoms with E-state index in [4.69, 9.17) is 18.9 Å². The summed E-state index contributed by atoms with van der Waals surface area (Å²) in [4.78, 5) is 37.7. The summed E-state index contributed by atoms with van der Waals surface area (Å²) >= 11 is 0. The molecule has 0 amide bonds. The predicted octanol–water partition coefficient (Wildman–Crippen LogP) is 24.0. The summed E-state index contributed by atoms with van der Waals surface area (Å²) in [7, 11) is 5.99. The first-order chi connectivity index (χ1) is 44.1. The number of likely N-dealkylation sites (N-methyl/N-ethyl adjacent to an activating group) is 1. The molecular formula is C81H144NO8+. The number of quaternary nitrogens is 1. The summed E-state index contributed by atoms with van der Waals surface area (Å²) in [6, 6.07) is 0. The zero-order valence-electron chi connectivity index (χ0n) is 59.5. The van der Waals surface area contributed by atoms with Crippen molar-refractivity contribution in [2.24, 2.45) is 0 Å². The number of carbonyl (C=O) groups excluding carboxylic acids is 2. The third kappa shape index (κ3) is 71.6. The SMILES string of the molecule is CC/C=C\C/C=C\C/C=C\C/C=C\C/C=C\C/C=C\C/C=C\C/C=C\CCCCCCCCCCCCCCCCCCC(=O)OC(COC(=O)CCCCCCCCCCCCCCCCCCCCCCCCCC)COC(OCC[N+](C)(C)C)C(=O)O. The van der Waals surface area contributed by atoms with Crippen molar-refractivity contribution in [1.29, 1.82) is 0 Å². The van der Waals surface area contributed by atoms with Crippen LogP contribution in [0.2, 0.25) is 0 Å². The minimum Gasteiger partial charge on any atom is -0.477 e. The average molecular weight is 1260 g/mol. The first-order valence-electron chi connectivity index (χ1n) is 37.9. The van der Waals surface area contributed by atoms with Gasteiger partial charge >= 0.3 is 17.9 Å². The van der Waals surface area contributed by atoms with E-state index in [-0.39, 0.29) is 32.2 Å². The second kappa shape index (κ2) is 71.1. The minimum absolute atomic E-state index is 0.180. The van der Waals surface area contributed by atoms with E-state index in [1.54, 1.807) is 0 Å². The first-order valence-corrected chi connectivity index (χ1v) is 37.9. The van der Waals surface area contributed by atoms with E-state index in [0.717, 1.165) is 89.9 Å². The fourth-order valence-corrected chi connectivity index (χ4v) is 10.9. The van der Waals surface area contributed by atoms with Gasteiger partial charge < -0.3 is 28.5 Å². The molecule has 0 saturated carbocycles. The average Bonchev–Trinajstić information content (AvgIpc) is 3.73. The number of carboxylic acid groups (broad SMARTS) is 1. The number of esters is 2. The Morgan fingerprint density at radius 3 is 0.944 bits per heavy atom. The van der Waals surface area contributed by atoms with Crippen molar-refractivity contribution in [2.45, 2.75) is 354 Å². The molecule has 0 aliphatic heterocycles. The number of nitrogens with zero attached hydrogens (tertiary/aromatic N) is 1. The Morgan fingerprint density at radius 2 is 0.633 bits per heavy atom. The number of hydrogen-bond acceptors (Lipinski definition) is 7. The molecule has 0 spiro atoms. The van der Waals surface area contributed by atoms with E-state index in [9.17, 15) is 19.5 Å². The van der Waals surface area contributed by atoms with Crippen LogP contribution in [0.3, 0.4) is 0 Å². The molecule has 0 saturated heterocycles. The number of rotatable bonds is 70. The molecule has 0 aliphatic carbocycles. The van der Waals surface area contributed by atoms with Crippen LogP contribution in [0.1, 0.15) is 341 Å². The van der Waals surface area contributed by atoms with Crippen molar-refractivity contribution in [3.8, 4) is 0 Å². The van der Waals surface area contributed by atoms with Gasteiger partial charge in [0.25, 0.3) is 6.29 Å². The van der Waals surface area contributed by atoms with Gasteiger partial charge in [-0.1, -0.05) is 349 Å². The second-order valence-electron chi connectivity index (χ2n) is 26.6. The molecule has 0 heterocycles. The summed E-state index contributed by atoms with van der Waals surface area (Å²) in [5.41, 5.74) is 0. The number of carboxylic acids is 1. The number of allylic oxidation sites excluding steroid dienone is 16. The quantitative estimate of drug-likeness (QED) is 0.0211. The Kier molecular flexibility index (Phi) is 68.1. The molecular weight excluding hydrogens is 1110 g/mol. The maximum atomic E-state index is 13.0. The largest absolute Gasteiger partial charge is 0.477 e. The number of ether oxygens (including phenoxy) is 4. The standard InChI is InChI=1S/C81H143NO8/c1-6-8-10-12-14-16-18-20-22-24-26-28-30-32-33-34-35-36-37-38-39-40-41-42-43-44-45-46-47-48-50-52-54-56-58-60-62-64-66-68-70-72-79(84)90-77(76-89-81(80(85)86)87-74-73-82(3,4)5)75-88-78(83)71-69-67-65-63-61-59-57-55-53-51-49-31-29-27-25-23-21-19-17-15-13-11-9-7-2/h8,10,14,16,20,22,26,28,32-33,35-36,38-39,41-42,77,81H,6-7,9,11-13,15,17-19,21,23-25,27,29-31,34,37,40,43-76H2,1-5H3/p+1/b10-8-,16-14-,22-20-,28-26-,33-32-,36-35-,39-38-,42-41-. The van der Waals surface area contributed by atoms with Crippen molar-refractivity contribution >= 4 is 17.9 Å². The summed E-state index contributed by atoms with van der Waals surface area (Å²) in [6.07, 6.45) is 95.4. The number of aliphatic carboxylic acids is 1. The summed E-state index contributed by atoms with van der Waals surface area (Å²) < 4.78 is 23.0. The van der Waals surface area contributed by atoms with Crippen molar-refractivity contribution < 1.29 is 42.9 Å². The summed E-state index contributed by atoms with van der Waals surface area (Å²) in [6.45, 7) is 4.81. The highest BCUT2D eigenvalue weighted by Crippen LogP contribution is 2.19. The van der Waals surface area contributed by atoms with E-state index in [1.165, 1.54) is 225 Å². The molecule has 0 aromatic heterocycles. The molecule has 0 aliphatic rings. The van der Waals surface area contributed by atoms with Gasteiger partial charge in [0.15, 0.2) is 6.10 Å². The first kappa shape index (κ1) is 86.2. The van der Waals surface area contributed by atoms with E-state index < -0.39 is 24.3 Å². The van der Waals surface area contributed by atoms with Crippen molar-refractivity contribution in [3.63, 3.8) is 0 Å². The maximum Gasteiger partial charge on any atom is 0.361 e. The molecule has 9 nitrogen and oxygen atoms in total. The van der Waals surface area contributed by atoms with Crippen molar-refractivity contribution in [1.82, 2.24) is 0 Å². The molecule has 1 N–H and O–H groups in total. The molecule has 9 heteroatoms. The Bertz CT molecular complexity index is 1800. The van der Waals surface area contributed by atoms with E-state index >= 15 is 0 Å². The summed E-state index contributed by atoms with van der Waals surface area (Å²) in [5.74, 6) is -1.98. The van der Waals surface area contributed by atoms with Crippen LogP contribution in [-0.4, -0.2) is 87.4 Å². The molecule has 520 valence electrons. The Hall–Kier alpha value is -3.79. The highest BCUT2D eigenvalue weighted by Gasteiger charge is 2.25. The van der Waals surface area contributed by atoms with Gasteiger partial charge in [0.1, 0.15) is 13.2 Å². The third-order valence-corrected chi connectivity index (χ3v) is 16.6. The lowest BCUT2D eigenvalue weighted by Gasteiger charge is -2.25. The van der Waals surface area contributed by atoms with Crippen LogP contribution < -0.4 is 0 Å². The van der Waals surface area contributed by atoms with Gasteiger partial charge in [-0.25, -0.2) is 4.79 Å². The monoisotopic (exact) mass is 1260 g/mol. The Labute approximate surface area is 556 Å². The molecule has 0 bridgehead atoms. The fourth-order valence-electron chi connectivity index (χ4n) is 10.9. The van der Waals surface area contributed by atoms with Crippen LogP contribution in [0.4, 0.5) is 0 Å². The van der Waals surface area contributed by atoms with Gasteiger partial charge in [0, 0.05) is 12.8 Å². The molecule has 90 heavy (non-hydrogen) atoms. The van der Waals surface area contributed by atoms with Gasteiger partial charge in [-0.2, -0.15) is 0 Å². The molecule has 0 fully saturated rings. The fraction of sp³-hybridized carbons (Fsp3) is 0.765. The van der Waals surface area contributed by atoms with Crippen LogP contribution in [0, 0.1) is 0 Å². The summed E-state index contributed by atoms with van der Waals surface area (Å²) in [5, 5.41) is 9.76. The Morgan fingerprint density at radius 1 is 0.344 bits per heavy atom. The highest BCUT2D eigenvalue weighted by molar-refractivity contribution is 5.71. The lowest BCUT2D eigenvalue weighted by molar-refractivity contribution is -0.870. The van der Waals surface area contributed by atoms with E-state index in [2.05, 4.69) is 111 Å². The van der Waals surface area contributed by atoms with Gasteiger partial charge in [0.2, 0.25) is 0 Å². The highest BCUT2D eigenvalue weighted by atomic mass is 16.7. The molecule has 0 radical (unpaired) electrons. The maximum absolute atomic E-state index is 13.0. The van der Waals surface area contributed by atoms with Gasteiger partial charge in [-0.05, 0) is 77.0 Å². The third-order valence-electron chi connectivity index (χ3n) is 16.6. The lowest BCUT2D eigenvalue weighted by atomic mass is 10.0.